The Balaban J connectivity index is 0.00000392. The van der Waals surface area contributed by atoms with E-state index in [1.165, 1.54) is 24.3 Å². The minimum Gasteiger partial charge on any atom is -0.489 e. The molecule has 2 rings (SSSR count). The van der Waals surface area contributed by atoms with Gasteiger partial charge in [0, 0.05) is 11.9 Å². The van der Waals surface area contributed by atoms with E-state index in [0.717, 1.165) is 16.7 Å². The zero-order valence-corrected chi connectivity index (χ0v) is 18.4. The van der Waals surface area contributed by atoms with Crippen LogP contribution in [0.5, 0.6) is 5.75 Å². The Labute approximate surface area is 181 Å². The van der Waals surface area contributed by atoms with Gasteiger partial charge in [-0.15, -0.1) is 35.3 Å². The number of guanidine groups is 1. The van der Waals surface area contributed by atoms with Crippen molar-refractivity contribution < 1.29 is 22.3 Å². The molecule has 0 aliphatic carbocycles. The van der Waals surface area contributed by atoms with E-state index in [4.69, 9.17) is 4.74 Å². The van der Waals surface area contributed by atoms with Crippen molar-refractivity contribution >= 4 is 41.3 Å². The SMILES string of the molecule is CCNC(=NCc1nc(C(F)(F)F)cs1)NCC(C)Oc1ccc(F)cc1.I. The zero-order valence-electron chi connectivity index (χ0n) is 15.2. The van der Waals surface area contributed by atoms with E-state index in [9.17, 15) is 17.6 Å². The topological polar surface area (TPSA) is 58.5 Å². The van der Waals surface area contributed by atoms with E-state index >= 15 is 0 Å². The second-order valence-electron chi connectivity index (χ2n) is 5.58. The van der Waals surface area contributed by atoms with Gasteiger partial charge in [-0.25, -0.2) is 14.4 Å². The van der Waals surface area contributed by atoms with Gasteiger partial charge in [-0.3, -0.25) is 0 Å². The average molecular weight is 532 g/mol. The number of ether oxygens (including phenoxy) is 1. The molecule has 5 nitrogen and oxygen atoms in total. The number of hydrogen-bond acceptors (Lipinski definition) is 4. The van der Waals surface area contributed by atoms with Crippen molar-refractivity contribution in [1.29, 1.82) is 0 Å². The molecule has 1 aromatic carbocycles. The van der Waals surface area contributed by atoms with Crippen molar-refractivity contribution in [3.8, 4) is 5.75 Å². The van der Waals surface area contributed by atoms with Crippen LogP contribution in [0, 0.1) is 5.82 Å². The molecule has 0 saturated carbocycles. The van der Waals surface area contributed by atoms with Crippen LogP contribution in [0.3, 0.4) is 0 Å². The normalized spacial score (nSPS) is 12.9. The lowest BCUT2D eigenvalue weighted by Gasteiger charge is -2.17. The molecule has 156 valence electrons. The third-order valence-corrected chi connectivity index (χ3v) is 4.10. The van der Waals surface area contributed by atoms with E-state index in [-0.39, 0.29) is 47.5 Å². The number of alkyl halides is 3. The van der Waals surface area contributed by atoms with Crippen LogP contribution in [0.2, 0.25) is 0 Å². The Morgan fingerprint density at radius 3 is 2.50 bits per heavy atom. The summed E-state index contributed by atoms with van der Waals surface area (Å²) in [5.41, 5.74) is -0.906. The Hall–Kier alpha value is -1.63. The minimum atomic E-state index is -4.45. The number of rotatable bonds is 7. The predicted octanol–water partition coefficient (Wildman–Crippen LogP) is 4.44. The molecule has 0 fully saturated rings. The van der Waals surface area contributed by atoms with Gasteiger partial charge in [0.1, 0.15) is 22.7 Å². The van der Waals surface area contributed by atoms with E-state index in [0.29, 0.717) is 24.8 Å². The summed E-state index contributed by atoms with van der Waals surface area (Å²) < 4.78 is 56.3. The number of nitrogens with one attached hydrogen (secondary N) is 2. The number of benzene rings is 1. The van der Waals surface area contributed by atoms with Crippen molar-refractivity contribution in [2.24, 2.45) is 4.99 Å². The molecule has 1 unspecified atom stereocenters. The smallest absolute Gasteiger partial charge is 0.434 e. The molecule has 0 saturated heterocycles. The summed E-state index contributed by atoms with van der Waals surface area (Å²) in [4.78, 5) is 7.79. The third-order valence-electron chi connectivity index (χ3n) is 3.27. The highest BCUT2D eigenvalue weighted by Gasteiger charge is 2.33. The van der Waals surface area contributed by atoms with Gasteiger partial charge in [0.05, 0.1) is 13.1 Å². The van der Waals surface area contributed by atoms with Crippen LogP contribution in [0.25, 0.3) is 0 Å². The van der Waals surface area contributed by atoms with Crippen molar-refractivity contribution in [3.63, 3.8) is 0 Å². The zero-order chi connectivity index (χ0) is 19.9. The number of aliphatic imine (C=N–C) groups is 1. The Kier molecular flexibility index (Phi) is 9.93. The largest absolute Gasteiger partial charge is 0.489 e. The number of hydrogen-bond donors (Lipinski definition) is 2. The van der Waals surface area contributed by atoms with Gasteiger partial charge in [0.25, 0.3) is 0 Å². The maximum absolute atomic E-state index is 12.9. The molecule has 0 aliphatic rings. The molecule has 0 amide bonds. The molecular weight excluding hydrogens is 511 g/mol. The van der Waals surface area contributed by atoms with Crippen LogP contribution in [-0.4, -0.2) is 30.1 Å². The van der Waals surface area contributed by atoms with Gasteiger partial charge in [0.2, 0.25) is 0 Å². The van der Waals surface area contributed by atoms with Crippen molar-refractivity contribution in [3.05, 3.63) is 46.2 Å². The van der Waals surface area contributed by atoms with E-state index in [1.54, 1.807) is 0 Å². The summed E-state index contributed by atoms with van der Waals surface area (Å²) in [6.45, 7) is 4.72. The Morgan fingerprint density at radius 2 is 1.93 bits per heavy atom. The van der Waals surface area contributed by atoms with Crippen LogP contribution in [0.1, 0.15) is 24.5 Å². The maximum Gasteiger partial charge on any atom is 0.434 e. The van der Waals surface area contributed by atoms with Crippen LogP contribution in [0.4, 0.5) is 17.6 Å². The van der Waals surface area contributed by atoms with Crippen molar-refractivity contribution in [2.45, 2.75) is 32.7 Å². The molecular formula is C17H21F4IN4OS. The first-order chi connectivity index (χ1) is 12.8. The second kappa shape index (κ2) is 11.4. The fraction of sp³-hybridized carbons (Fsp3) is 0.412. The number of halogens is 5. The maximum atomic E-state index is 12.9. The fourth-order valence-electron chi connectivity index (χ4n) is 2.03. The van der Waals surface area contributed by atoms with E-state index < -0.39 is 11.9 Å². The molecule has 1 aromatic heterocycles. The third kappa shape index (κ3) is 8.17. The van der Waals surface area contributed by atoms with Gasteiger partial charge in [-0.05, 0) is 38.1 Å². The molecule has 11 heteroatoms. The van der Waals surface area contributed by atoms with Gasteiger partial charge in [-0.2, -0.15) is 13.2 Å². The first kappa shape index (κ1) is 24.4. The summed E-state index contributed by atoms with van der Waals surface area (Å²) in [5.74, 6) is 0.636. The van der Waals surface area contributed by atoms with E-state index in [2.05, 4.69) is 20.6 Å². The standard InChI is InChI=1S/C17H20F4N4OS.HI/c1-3-22-16(24-9-15-25-14(10-27-15)17(19,20)21)23-8-11(2)26-13-6-4-12(18)5-7-13;/h4-7,10-11H,3,8-9H2,1-2H3,(H2,22,23,24);1H. The minimum absolute atomic E-state index is 0. The Morgan fingerprint density at radius 1 is 1.25 bits per heavy atom. The number of nitrogens with zero attached hydrogens (tertiary/aromatic N) is 2. The lowest BCUT2D eigenvalue weighted by Crippen LogP contribution is -2.41. The number of aromatic nitrogens is 1. The molecule has 0 bridgehead atoms. The summed E-state index contributed by atoms with van der Waals surface area (Å²) >= 11 is 0.915. The molecule has 2 N–H and O–H groups in total. The monoisotopic (exact) mass is 532 g/mol. The highest BCUT2D eigenvalue weighted by atomic mass is 127. The highest BCUT2D eigenvalue weighted by Crippen LogP contribution is 2.30. The number of thiazole rings is 1. The fourth-order valence-corrected chi connectivity index (χ4v) is 2.75. The lowest BCUT2D eigenvalue weighted by atomic mass is 10.3. The first-order valence-electron chi connectivity index (χ1n) is 8.24. The molecule has 2 aromatic rings. The molecule has 1 atom stereocenters. The quantitative estimate of drug-likeness (QED) is 0.240. The average Bonchev–Trinajstić information content (AvgIpc) is 3.09. The first-order valence-corrected chi connectivity index (χ1v) is 9.12. The molecule has 28 heavy (non-hydrogen) atoms. The lowest BCUT2D eigenvalue weighted by molar-refractivity contribution is -0.140. The summed E-state index contributed by atoms with van der Waals surface area (Å²) in [6, 6.07) is 5.69. The van der Waals surface area contributed by atoms with Crippen molar-refractivity contribution in [2.75, 3.05) is 13.1 Å². The Bertz CT molecular complexity index is 752. The van der Waals surface area contributed by atoms with Crippen LogP contribution in [-0.2, 0) is 12.7 Å². The van der Waals surface area contributed by atoms with Gasteiger partial charge in [-0.1, -0.05) is 0 Å². The van der Waals surface area contributed by atoms with Gasteiger partial charge < -0.3 is 15.4 Å². The van der Waals surface area contributed by atoms with Crippen LogP contribution in [0.15, 0.2) is 34.6 Å². The van der Waals surface area contributed by atoms with E-state index in [1.807, 2.05) is 13.8 Å². The van der Waals surface area contributed by atoms with Crippen molar-refractivity contribution in [1.82, 2.24) is 15.6 Å². The molecule has 0 spiro atoms. The predicted molar refractivity (Wildman–Crippen MR) is 112 cm³/mol. The second-order valence-corrected chi connectivity index (χ2v) is 6.53. The molecule has 1 heterocycles. The summed E-state index contributed by atoms with van der Waals surface area (Å²) in [5, 5.41) is 7.31. The van der Waals surface area contributed by atoms with Gasteiger partial charge in [0.15, 0.2) is 11.7 Å². The summed E-state index contributed by atoms with van der Waals surface area (Å²) in [7, 11) is 0. The van der Waals surface area contributed by atoms with Crippen LogP contribution < -0.4 is 15.4 Å². The highest BCUT2D eigenvalue weighted by molar-refractivity contribution is 14.0. The summed E-state index contributed by atoms with van der Waals surface area (Å²) in [6.07, 6.45) is -4.69. The molecule has 0 radical (unpaired) electrons. The van der Waals surface area contributed by atoms with Gasteiger partial charge >= 0.3 is 6.18 Å². The van der Waals surface area contributed by atoms with Crippen LogP contribution >= 0.6 is 35.3 Å². The molecule has 0 aliphatic heterocycles.